The number of carbonyl (C=O) groups is 1. The molecule has 0 fully saturated rings. The van der Waals surface area contributed by atoms with E-state index < -0.39 is 10.0 Å². The van der Waals surface area contributed by atoms with E-state index in [0.717, 1.165) is 11.8 Å². The second kappa shape index (κ2) is 9.60. The fourth-order valence-corrected chi connectivity index (χ4v) is 4.44. The first kappa shape index (κ1) is 22.9. The van der Waals surface area contributed by atoms with Gasteiger partial charge in [0, 0.05) is 19.0 Å². The molecule has 1 aliphatic rings. The predicted octanol–water partition coefficient (Wildman–Crippen LogP) is 3.50. The molecule has 31 heavy (non-hydrogen) atoms. The quantitative estimate of drug-likeness (QED) is 0.671. The van der Waals surface area contributed by atoms with Crippen molar-refractivity contribution < 1.29 is 22.7 Å². The summed E-state index contributed by atoms with van der Waals surface area (Å²) in [6.45, 7) is 7.14. The number of rotatable bonds is 8. The van der Waals surface area contributed by atoms with E-state index in [0.29, 0.717) is 36.8 Å². The van der Waals surface area contributed by atoms with Crippen LogP contribution in [0.1, 0.15) is 42.5 Å². The fourth-order valence-electron chi connectivity index (χ4n) is 3.49. The number of amides is 1. The third-order valence-corrected chi connectivity index (χ3v) is 6.58. The van der Waals surface area contributed by atoms with Crippen LogP contribution in [0.5, 0.6) is 11.5 Å². The number of hydrogen-bond acceptors (Lipinski definition) is 5. The summed E-state index contributed by atoms with van der Waals surface area (Å²) in [5.41, 5.74) is 3.94. The maximum absolute atomic E-state index is 12.4. The van der Waals surface area contributed by atoms with Gasteiger partial charge in [0.2, 0.25) is 15.9 Å². The molecule has 0 saturated heterocycles. The molecule has 8 heteroatoms. The van der Waals surface area contributed by atoms with Gasteiger partial charge >= 0.3 is 0 Å². The van der Waals surface area contributed by atoms with Gasteiger partial charge < -0.3 is 14.8 Å². The summed E-state index contributed by atoms with van der Waals surface area (Å²) in [5.74, 6) is 1.02. The van der Waals surface area contributed by atoms with Crippen LogP contribution >= 0.6 is 0 Å². The van der Waals surface area contributed by atoms with Gasteiger partial charge in [-0.1, -0.05) is 18.2 Å². The molecule has 7 nitrogen and oxygen atoms in total. The molecular formula is C23H30N2O5S. The van der Waals surface area contributed by atoms with Crippen LogP contribution in [-0.4, -0.2) is 40.3 Å². The van der Waals surface area contributed by atoms with E-state index >= 15 is 0 Å². The van der Waals surface area contributed by atoms with Crippen LogP contribution in [0.25, 0.3) is 0 Å². The minimum absolute atomic E-state index is 0.110. The highest BCUT2D eigenvalue weighted by atomic mass is 32.2. The van der Waals surface area contributed by atoms with Crippen molar-refractivity contribution in [1.82, 2.24) is 5.32 Å². The lowest BCUT2D eigenvalue weighted by molar-refractivity contribution is -0.121. The van der Waals surface area contributed by atoms with Crippen molar-refractivity contribution in [2.75, 3.05) is 30.3 Å². The summed E-state index contributed by atoms with van der Waals surface area (Å²) in [6, 6.07) is 11.1. The molecule has 1 heterocycles. The summed E-state index contributed by atoms with van der Waals surface area (Å²) in [4.78, 5) is 12.4. The second-order valence-electron chi connectivity index (χ2n) is 7.90. The highest BCUT2D eigenvalue weighted by Gasteiger charge is 2.21. The first-order valence-corrected chi connectivity index (χ1v) is 12.2. The number of nitrogens with one attached hydrogen (secondary N) is 1. The average Bonchev–Trinajstić information content (AvgIpc) is 2.72. The standard InChI is InChI=1S/C23H30N2O5S/c1-16-7-8-19(14-17(16)2)18(3)24-23(26)6-5-11-25(31(4,27)28)20-9-10-21-22(15-20)30-13-12-29-21/h7-10,14-15,18H,5-6,11-13H2,1-4H3,(H,24,26). The minimum Gasteiger partial charge on any atom is -0.486 e. The molecule has 0 spiro atoms. The van der Waals surface area contributed by atoms with E-state index in [9.17, 15) is 13.2 Å². The van der Waals surface area contributed by atoms with Gasteiger partial charge in [-0.2, -0.15) is 0 Å². The molecule has 0 radical (unpaired) electrons. The molecule has 1 amide bonds. The molecule has 168 valence electrons. The lowest BCUT2D eigenvalue weighted by Crippen LogP contribution is -2.32. The second-order valence-corrected chi connectivity index (χ2v) is 9.81. The highest BCUT2D eigenvalue weighted by Crippen LogP contribution is 2.34. The lowest BCUT2D eigenvalue weighted by atomic mass is 10.0. The summed E-state index contributed by atoms with van der Waals surface area (Å²) in [7, 11) is -3.51. The third-order valence-electron chi connectivity index (χ3n) is 5.39. The van der Waals surface area contributed by atoms with Gasteiger partial charge in [-0.3, -0.25) is 9.10 Å². The summed E-state index contributed by atoms with van der Waals surface area (Å²) in [5, 5.41) is 2.99. The van der Waals surface area contributed by atoms with Crippen LogP contribution in [0.2, 0.25) is 0 Å². The summed E-state index contributed by atoms with van der Waals surface area (Å²) < 4.78 is 37.1. The van der Waals surface area contributed by atoms with Gasteiger partial charge in [0.05, 0.1) is 18.0 Å². The Balaban J connectivity index is 1.59. The molecule has 0 bridgehead atoms. The van der Waals surface area contributed by atoms with Crippen molar-refractivity contribution in [1.29, 1.82) is 0 Å². The summed E-state index contributed by atoms with van der Waals surface area (Å²) in [6.07, 6.45) is 1.78. The number of benzene rings is 2. The predicted molar refractivity (Wildman–Crippen MR) is 121 cm³/mol. The van der Waals surface area contributed by atoms with Crippen molar-refractivity contribution in [3.63, 3.8) is 0 Å². The van der Waals surface area contributed by atoms with Gasteiger partial charge in [0.25, 0.3) is 0 Å². The molecule has 1 unspecified atom stereocenters. The zero-order valence-corrected chi connectivity index (χ0v) is 19.3. The number of sulfonamides is 1. The first-order valence-electron chi connectivity index (χ1n) is 10.4. The topological polar surface area (TPSA) is 84.9 Å². The van der Waals surface area contributed by atoms with Crippen molar-refractivity contribution in [2.24, 2.45) is 0 Å². The molecular weight excluding hydrogens is 416 g/mol. The molecule has 2 aromatic rings. The molecule has 1 N–H and O–H groups in total. The average molecular weight is 447 g/mol. The van der Waals surface area contributed by atoms with E-state index in [1.807, 2.05) is 26.0 Å². The van der Waals surface area contributed by atoms with Crippen molar-refractivity contribution in [3.05, 3.63) is 53.1 Å². The Morgan fingerprint density at radius 1 is 1.06 bits per heavy atom. The number of carbonyl (C=O) groups excluding carboxylic acids is 1. The van der Waals surface area contributed by atoms with Crippen LogP contribution in [0.4, 0.5) is 5.69 Å². The van der Waals surface area contributed by atoms with E-state index in [4.69, 9.17) is 9.47 Å². The highest BCUT2D eigenvalue weighted by molar-refractivity contribution is 7.92. The minimum atomic E-state index is -3.51. The van der Waals surface area contributed by atoms with Gasteiger partial charge in [-0.15, -0.1) is 0 Å². The SMILES string of the molecule is Cc1ccc(C(C)NC(=O)CCCN(c2ccc3c(c2)OCCO3)S(C)(=O)=O)cc1C. The van der Waals surface area contributed by atoms with E-state index in [2.05, 4.69) is 18.3 Å². The monoisotopic (exact) mass is 446 g/mol. The van der Waals surface area contributed by atoms with Gasteiger partial charge in [0.1, 0.15) is 13.2 Å². The zero-order chi connectivity index (χ0) is 22.6. The number of ether oxygens (including phenoxy) is 2. The maximum atomic E-state index is 12.4. The van der Waals surface area contributed by atoms with E-state index in [1.54, 1.807) is 18.2 Å². The van der Waals surface area contributed by atoms with E-state index in [1.165, 1.54) is 15.4 Å². The zero-order valence-electron chi connectivity index (χ0n) is 18.5. The first-order chi connectivity index (χ1) is 14.6. The Labute approximate surface area is 184 Å². The molecule has 0 aliphatic carbocycles. The smallest absolute Gasteiger partial charge is 0.232 e. The van der Waals surface area contributed by atoms with Crippen LogP contribution in [0, 0.1) is 13.8 Å². The van der Waals surface area contributed by atoms with E-state index in [-0.39, 0.29) is 24.9 Å². The number of aryl methyl sites for hydroxylation is 2. The number of nitrogens with zero attached hydrogens (tertiary/aromatic N) is 1. The third kappa shape index (κ3) is 5.91. The lowest BCUT2D eigenvalue weighted by Gasteiger charge is -2.25. The number of hydrogen-bond donors (Lipinski definition) is 1. The van der Waals surface area contributed by atoms with Crippen molar-refractivity contribution in [2.45, 2.75) is 39.7 Å². The van der Waals surface area contributed by atoms with Gasteiger partial charge in [-0.25, -0.2) is 8.42 Å². The molecule has 0 saturated carbocycles. The molecule has 2 aromatic carbocycles. The largest absolute Gasteiger partial charge is 0.486 e. The van der Waals surface area contributed by atoms with Gasteiger partial charge in [-0.05, 0) is 56.0 Å². The Morgan fingerprint density at radius 3 is 2.45 bits per heavy atom. The van der Waals surface area contributed by atoms with Crippen LogP contribution in [0.15, 0.2) is 36.4 Å². The Bertz CT molecular complexity index is 1050. The Kier molecular flexibility index (Phi) is 7.10. The van der Waals surface area contributed by atoms with Crippen LogP contribution in [-0.2, 0) is 14.8 Å². The Morgan fingerprint density at radius 2 is 1.77 bits per heavy atom. The van der Waals surface area contributed by atoms with Crippen molar-refractivity contribution >= 4 is 21.6 Å². The molecule has 1 aliphatic heterocycles. The maximum Gasteiger partial charge on any atom is 0.232 e. The summed E-state index contributed by atoms with van der Waals surface area (Å²) >= 11 is 0. The number of fused-ring (bicyclic) bond motifs is 1. The molecule has 0 aromatic heterocycles. The Hall–Kier alpha value is -2.74. The van der Waals surface area contributed by atoms with Crippen LogP contribution < -0.4 is 19.1 Å². The normalized spacial score (nSPS) is 14.1. The molecule has 1 atom stereocenters. The fraction of sp³-hybridized carbons (Fsp3) is 0.435. The van der Waals surface area contributed by atoms with Crippen molar-refractivity contribution in [3.8, 4) is 11.5 Å². The number of anilines is 1. The molecule has 3 rings (SSSR count). The van der Waals surface area contributed by atoms with Crippen LogP contribution in [0.3, 0.4) is 0 Å². The van der Waals surface area contributed by atoms with Gasteiger partial charge in [0.15, 0.2) is 11.5 Å².